The normalized spacial score (nSPS) is 12.2. The highest BCUT2D eigenvalue weighted by Gasteiger charge is 2.19. The van der Waals surface area contributed by atoms with Crippen LogP contribution >= 0.6 is 0 Å². The lowest BCUT2D eigenvalue weighted by molar-refractivity contribution is -0.123. The van der Waals surface area contributed by atoms with Gasteiger partial charge in [-0.25, -0.2) is 0 Å². The van der Waals surface area contributed by atoms with Crippen molar-refractivity contribution in [3.63, 3.8) is 0 Å². The lowest BCUT2D eigenvalue weighted by Crippen LogP contribution is -2.39. The highest BCUT2D eigenvalue weighted by molar-refractivity contribution is 5.97. The summed E-state index contributed by atoms with van der Waals surface area (Å²) in [7, 11) is 1.78. The summed E-state index contributed by atoms with van der Waals surface area (Å²) in [6, 6.07) is -0.938. The molecule has 0 radical (unpaired) electrons. The molecule has 0 saturated heterocycles. The first-order chi connectivity index (χ1) is 7.82. The second-order valence-corrected chi connectivity index (χ2v) is 3.94. The van der Waals surface area contributed by atoms with Crippen LogP contribution in [0.2, 0.25) is 0 Å². The number of anilines is 1. The number of nitrogens with zero attached hydrogens (tertiary/aromatic N) is 2. The molecule has 0 bridgehead atoms. The van der Waals surface area contributed by atoms with Gasteiger partial charge in [0.05, 0.1) is 29.5 Å². The van der Waals surface area contributed by atoms with E-state index in [-0.39, 0.29) is 6.42 Å². The number of aryl methyl sites for hydroxylation is 2. The van der Waals surface area contributed by atoms with Crippen molar-refractivity contribution in [1.29, 1.82) is 0 Å². The highest BCUT2D eigenvalue weighted by Crippen LogP contribution is 2.18. The van der Waals surface area contributed by atoms with Crippen molar-refractivity contribution in [3.05, 3.63) is 11.4 Å². The standard InChI is InChI=1S/C10H17N5O2/c1-5-9(6(2)15(3)14-5)13-10(17)7(11)4-8(12)16/h7H,4,11H2,1-3H3,(H2,12,16)(H,13,17). The van der Waals surface area contributed by atoms with Crippen molar-refractivity contribution < 1.29 is 9.59 Å². The molecule has 7 heteroatoms. The number of primary amides is 1. The van der Waals surface area contributed by atoms with Crippen LogP contribution in [0.15, 0.2) is 0 Å². The van der Waals surface area contributed by atoms with Crippen LogP contribution in [-0.4, -0.2) is 27.6 Å². The summed E-state index contributed by atoms with van der Waals surface area (Å²) >= 11 is 0. The molecular formula is C10H17N5O2. The van der Waals surface area contributed by atoms with E-state index >= 15 is 0 Å². The summed E-state index contributed by atoms with van der Waals surface area (Å²) in [5, 5.41) is 6.80. The first-order valence-corrected chi connectivity index (χ1v) is 5.18. The first kappa shape index (κ1) is 13.2. The average Bonchev–Trinajstić information content (AvgIpc) is 2.44. The Morgan fingerprint density at radius 1 is 1.47 bits per heavy atom. The second-order valence-electron chi connectivity index (χ2n) is 3.94. The fourth-order valence-corrected chi connectivity index (χ4v) is 1.48. The van der Waals surface area contributed by atoms with E-state index in [1.807, 2.05) is 6.92 Å². The van der Waals surface area contributed by atoms with E-state index in [1.165, 1.54) is 0 Å². The number of aromatic nitrogens is 2. The predicted molar refractivity (Wildman–Crippen MR) is 63.1 cm³/mol. The molecule has 7 nitrogen and oxygen atoms in total. The summed E-state index contributed by atoms with van der Waals surface area (Å²) in [5.41, 5.74) is 12.6. The Morgan fingerprint density at radius 2 is 2.06 bits per heavy atom. The van der Waals surface area contributed by atoms with Crippen LogP contribution in [-0.2, 0) is 16.6 Å². The Balaban J connectivity index is 2.77. The predicted octanol–water partition coefficient (Wildman–Crippen LogP) is -0.822. The SMILES string of the molecule is Cc1nn(C)c(C)c1NC(=O)C(N)CC(N)=O. The third-order valence-electron chi connectivity index (χ3n) is 2.52. The Bertz CT molecular complexity index is 452. The van der Waals surface area contributed by atoms with Crippen LogP contribution in [0.4, 0.5) is 5.69 Å². The Hall–Kier alpha value is -1.89. The van der Waals surface area contributed by atoms with E-state index in [4.69, 9.17) is 11.5 Å². The van der Waals surface area contributed by atoms with Crippen LogP contribution in [0.25, 0.3) is 0 Å². The highest BCUT2D eigenvalue weighted by atomic mass is 16.2. The van der Waals surface area contributed by atoms with Gasteiger partial charge in [0.15, 0.2) is 0 Å². The van der Waals surface area contributed by atoms with Crippen molar-refractivity contribution in [2.24, 2.45) is 18.5 Å². The van der Waals surface area contributed by atoms with Gasteiger partial charge in [-0.15, -0.1) is 0 Å². The molecule has 1 atom stereocenters. The Morgan fingerprint density at radius 3 is 2.47 bits per heavy atom. The molecule has 0 aliphatic carbocycles. The zero-order chi connectivity index (χ0) is 13.2. The molecule has 1 aromatic rings. The molecule has 0 spiro atoms. The fourth-order valence-electron chi connectivity index (χ4n) is 1.48. The van der Waals surface area contributed by atoms with Crippen molar-refractivity contribution in [2.75, 3.05) is 5.32 Å². The fraction of sp³-hybridized carbons (Fsp3) is 0.500. The number of nitrogens with two attached hydrogens (primary N) is 2. The maximum atomic E-state index is 11.7. The number of hydrogen-bond donors (Lipinski definition) is 3. The third-order valence-corrected chi connectivity index (χ3v) is 2.52. The number of carbonyl (C=O) groups excluding carboxylic acids is 2. The van der Waals surface area contributed by atoms with Gasteiger partial charge in [-0.1, -0.05) is 0 Å². The molecule has 0 fully saturated rings. The molecule has 5 N–H and O–H groups in total. The molecule has 1 rings (SSSR count). The minimum Gasteiger partial charge on any atom is -0.370 e. The zero-order valence-electron chi connectivity index (χ0n) is 10.2. The van der Waals surface area contributed by atoms with E-state index in [2.05, 4.69) is 10.4 Å². The lowest BCUT2D eigenvalue weighted by atomic mass is 10.2. The monoisotopic (exact) mass is 239 g/mol. The van der Waals surface area contributed by atoms with Gasteiger partial charge in [0, 0.05) is 7.05 Å². The smallest absolute Gasteiger partial charge is 0.241 e. The molecule has 0 aliphatic rings. The topological polar surface area (TPSA) is 116 Å². The zero-order valence-corrected chi connectivity index (χ0v) is 10.2. The molecule has 0 aromatic carbocycles. The van der Waals surface area contributed by atoms with E-state index in [0.717, 1.165) is 5.69 Å². The summed E-state index contributed by atoms with van der Waals surface area (Å²) < 4.78 is 1.66. The number of hydrogen-bond acceptors (Lipinski definition) is 4. The Kier molecular flexibility index (Phi) is 3.84. The van der Waals surface area contributed by atoms with Gasteiger partial charge in [-0.2, -0.15) is 5.10 Å². The Labute approximate surface area is 99.1 Å². The summed E-state index contributed by atoms with van der Waals surface area (Å²) in [6.45, 7) is 3.61. The van der Waals surface area contributed by atoms with Crippen LogP contribution in [0.5, 0.6) is 0 Å². The van der Waals surface area contributed by atoms with Gasteiger partial charge in [-0.05, 0) is 13.8 Å². The maximum absolute atomic E-state index is 11.7. The van der Waals surface area contributed by atoms with Gasteiger partial charge in [-0.3, -0.25) is 14.3 Å². The van der Waals surface area contributed by atoms with E-state index in [1.54, 1.807) is 18.7 Å². The molecule has 1 aromatic heterocycles. The van der Waals surface area contributed by atoms with E-state index in [0.29, 0.717) is 11.4 Å². The van der Waals surface area contributed by atoms with Gasteiger partial charge in [0.25, 0.3) is 0 Å². The summed E-state index contributed by atoms with van der Waals surface area (Å²) in [4.78, 5) is 22.3. The first-order valence-electron chi connectivity index (χ1n) is 5.18. The number of nitrogens with one attached hydrogen (secondary N) is 1. The largest absolute Gasteiger partial charge is 0.370 e. The van der Waals surface area contributed by atoms with E-state index < -0.39 is 17.9 Å². The van der Waals surface area contributed by atoms with Crippen molar-refractivity contribution in [3.8, 4) is 0 Å². The molecule has 17 heavy (non-hydrogen) atoms. The lowest BCUT2D eigenvalue weighted by Gasteiger charge is -2.10. The quantitative estimate of drug-likeness (QED) is 0.636. The van der Waals surface area contributed by atoms with Crippen LogP contribution in [0, 0.1) is 13.8 Å². The molecule has 94 valence electrons. The number of amides is 2. The summed E-state index contributed by atoms with van der Waals surface area (Å²) in [5.74, 6) is -1.05. The third kappa shape index (κ3) is 3.04. The average molecular weight is 239 g/mol. The van der Waals surface area contributed by atoms with Crippen molar-refractivity contribution in [2.45, 2.75) is 26.3 Å². The minimum atomic E-state index is -0.938. The molecule has 1 heterocycles. The van der Waals surface area contributed by atoms with Crippen LogP contribution < -0.4 is 16.8 Å². The van der Waals surface area contributed by atoms with Gasteiger partial charge < -0.3 is 16.8 Å². The van der Waals surface area contributed by atoms with Crippen molar-refractivity contribution in [1.82, 2.24) is 9.78 Å². The number of carbonyl (C=O) groups is 2. The summed E-state index contributed by atoms with van der Waals surface area (Å²) in [6.07, 6.45) is -0.176. The molecular weight excluding hydrogens is 222 g/mol. The van der Waals surface area contributed by atoms with E-state index in [9.17, 15) is 9.59 Å². The van der Waals surface area contributed by atoms with Crippen molar-refractivity contribution >= 4 is 17.5 Å². The molecule has 0 aliphatic heterocycles. The van der Waals surface area contributed by atoms with Gasteiger partial charge in [0.2, 0.25) is 11.8 Å². The molecule has 0 saturated carbocycles. The van der Waals surface area contributed by atoms with Crippen LogP contribution in [0.3, 0.4) is 0 Å². The van der Waals surface area contributed by atoms with Crippen LogP contribution in [0.1, 0.15) is 17.8 Å². The number of rotatable bonds is 4. The van der Waals surface area contributed by atoms with Gasteiger partial charge in [0.1, 0.15) is 0 Å². The minimum absolute atomic E-state index is 0.176. The molecule has 2 amide bonds. The second kappa shape index (κ2) is 4.96. The van der Waals surface area contributed by atoms with Gasteiger partial charge >= 0.3 is 0 Å². The molecule has 1 unspecified atom stereocenters. The maximum Gasteiger partial charge on any atom is 0.241 e.